The molecule has 4 nitrogen and oxygen atoms in total. The second kappa shape index (κ2) is 8.63. The molecule has 0 saturated heterocycles. The summed E-state index contributed by atoms with van der Waals surface area (Å²) in [5, 5.41) is 2.78. The Morgan fingerprint density at radius 2 is 1.90 bits per heavy atom. The first-order chi connectivity index (χ1) is 13.6. The molecule has 1 aliphatic rings. The van der Waals surface area contributed by atoms with Crippen LogP contribution < -0.4 is 10.1 Å². The molecule has 3 rings (SSSR count). The van der Waals surface area contributed by atoms with Crippen LogP contribution >= 0.6 is 34.8 Å². The minimum absolute atomic E-state index is 0.101. The van der Waals surface area contributed by atoms with Crippen molar-refractivity contribution in [2.45, 2.75) is 43.3 Å². The van der Waals surface area contributed by atoms with Crippen LogP contribution in [-0.4, -0.2) is 23.1 Å². The molecule has 7 heteroatoms. The zero-order valence-corrected chi connectivity index (χ0v) is 19.1. The maximum atomic E-state index is 12.2. The molecule has 1 N–H and O–H groups in total. The lowest BCUT2D eigenvalue weighted by atomic mass is 9.87. The second-order valence-corrected chi connectivity index (χ2v) is 10.1. The van der Waals surface area contributed by atoms with Crippen LogP contribution in [-0.2, 0) is 4.74 Å². The quantitative estimate of drug-likeness (QED) is 0.511. The van der Waals surface area contributed by atoms with Crippen LogP contribution in [0.2, 0.25) is 0 Å². The van der Waals surface area contributed by atoms with Gasteiger partial charge in [-0.3, -0.25) is 5.32 Å². The molecule has 1 aliphatic heterocycles. The number of carbonyl (C=O) groups excluding carboxylic acids is 1. The Labute approximate surface area is 186 Å². The molecule has 1 amide bonds. The van der Waals surface area contributed by atoms with Crippen molar-refractivity contribution in [1.29, 1.82) is 0 Å². The average molecular weight is 457 g/mol. The first-order valence-electron chi connectivity index (χ1n) is 9.44. The molecular formula is C22H24Cl3NO3. The topological polar surface area (TPSA) is 47.6 Å². The van der Waals surface area contributed by atoms with Crippen LogP contribution in [0.5, 0.6) is 5.75 Å². The molecule has 2 aromatic carbocycles. The minimum Gasteiger partial charge on any atom is -0.492 e. The van der Waals surface area contributed by atoms with Crippen molar-refractivity contribution in [3.05, 3.63) is 58.1 Å². The lowest BCUT2D eigenvalue weighted by Gasteiger charge is -2.19. The number of hydrogen-bond acceptors (Lipinski definition) is 3. The van der Waals surface area contributed by atoms with Gasteiger partial charge in [0.25, 0.3) is 0 Å². The van der Waals surface area contributed by atoms with Crippen LogP contribution in [0.1, 0.15) is 53.5 Å². The number of nitrogens with one attached hydrogen (secondary N) is 1. The van der Waals surface area contributed by atoms with Gasteiger partial charge in [0.1, 0.15) is 12.4 Å². The van der Waals surface area contributed by atoms with E-state index in [4.69, 9.17) is 44.3 Å². The predicted octanol–water partition coefficient (Wildman–Crippen LogP) is 6.87. The SMILES string of the molecule is Cc1cc2c(c(C)c1NC(=O)OCC(Cl)(Cl)Cl)C(c1ccc(C(C)C)cc1)CO2. The summed E-state index contributed by atoms with van der Waals surface area (Å²) in [6.45, 7) is 8.47. The standard InChI is InChI=1S/C22H24Cl3NO3/c1-12(2)15-5-7-16(8-6-15)17-10-28-18-9-13(3)20(14(4)19(17)18)26-21(27)29-11-22(23,24)25/h5-9,12,17H,10-11H2,1-4H3,(H,26,27). The fraction of sp³-hybridized carbons (Fsp3) is 0.409. The van der Waals surface area contributed by atoms with Gasteiger partial charge in [-0.15, -0.1) is 0 Å². The van der Waals surface area contributed by atoms with E-state index in [0.717, 1.165) is 22.4 Å². The lowest BCUT2D eigenvalue weighted by molar-refractivity contribution is 0.164. The van der Waals surface area contributed by atoms with Gasteiger partial charge in [0.05, 0.1) is 12.3 Å². The Bertz CT molecular complexity index is 905. The van der Waals surface area contributed by atoms with E-state index in [1.165, 1.54) is 11.1 Å². The molecule has 2 aromatic rings. The van der Waals surface area contributed by atoms with Crippen molar-refractivity contribution in [1.82, 2.24) is 0 Å². The molecule has 1 atom stereocenters. The normalized spacial score (nSPS) is 15.8. The molecule has 29 heavy (non-hydrogen) atoms. The maximum Gasteiger partial charge on any atom is 0.411 e. The van der Waals surface area contributed by atoms with Crippen molar-refractivity contribution in [3.8, 4) is 5.75 Å². The van der Waals surface area contributed by atoms with E-state index in [2.05, 4.69) is 43.4 Å². The molecule has 0 fully saturated rings. The molecule has 0 aromatic heterocycles. The van der Waals surface area contributed by atoms with Crippen molar-refractivity contribution in [2.75, 3.05) is 18.5 Å². The monoisotopic (exact) mass is 455 g/mol. The third-order valence-corrected chi connectivity index (χ3v) is 5.47. The third kappa shape index (κ3) is 5.11. The number of carbonyl (C=O) groups is 1. The Morgan fingerprint density at radius 3 is 2.48 bits per heavy atom. The second-order valence-electron chi connectivity index (χ2n) is 7.61. The van der Waals surface area contributed by atoms with Gasteiger partial charge in [-0.25, -0.2) is 4.79 Å². The van der Waals surface area contributed by atoms with Gasteiger partial charge in [-0.2, -0.15) is 0 Å². The highest BCUT2D eigenvalue weighted by molar-refractivity contribution is 6.67. The number of halogens is 3. The summed E-state index contributed by atoms with van der Waals surface area (Å²) in [7, 11) is 0. The van der Waals surface area contributed by atoms with E-state index in [0.29, 0.717) is 18.2 Å². The Morgan fingerprint density at radius 1 is 1.24 bits per heavy atom. The van der Waals surface area contributed by atoms with Crippen LogP contribution in [0.25, 0.3) is 0 Å². The van der Waals surface area contributed by atoms with Crippen LogP contribution in [0.3, 0.4) is 0 Å². The van der Waals surface area contributed by atoms with Gasteiger partial charge in [-0.05, 0) is 48.1 Å². The maximum absolute atomic E-state index is 12.2. The van der Waals surface area contributed by atoms with E-state index in [9.17, 15) is 4.79 Å². The zero-order chi connectivity index (χ0) is 21.3. The summed E-state index contributed by atoms with van der Waals surface area (Å²) in [6.07, 6.45) is -0.667. The van der Waals surface area contributed by atoms with E-state index in [1.54, 1.807) is 0 Å². The first kappa shape index (κ1) is 22.1. The van der Waals surface area contributed by atoms with Crippen molar-refractivity contribution >= 4 is 46.6 Å². The molecule has 0 radical (unpaired) electrons. The average Bonchev–Trinajstić information content (AvgIpc) is 3.06. The number of ether oxygens (including phenoxy) is 2. The summed E-state index contributed by atoms with van der Waals surface area (Å²) in [5.74, 6) is 1.43. The number of fused-ring (bicyclic) bond motifs is 1. The van der Waals surface area contributed by atoms with Gasteiger partial charge >= 0.3 is 6.09 Å². The third-order valence-electron chi connectivity index (χ3n) is 5.14. The number of amides is 1. The highest BCUT2D eigenvalue weighted by atomic mass is 35.6. The lowest BCUT2D eigenvalue weighted by Crippen LogP contribution is -2.22. The summed E-state index contributed by atoms with van der Waals surface area (Å²) in [6, 6.07) is 10.6. The van der Waals surface area contributed by atoms with Crippen LogP contribution in [0, 0.1) is 13.8 Å². The Balaban J connectivity index is 1.88. The molecule has 156 valence electrons. The molecule has 0 bridgehead atoms. The van der Waals surface area contributed by atoms with Crippen molar-refractivity contribution < 1.29 is 14.3 Å². The van der Waals surface area contributed by atoms with Crippen molar-refractivity contribution in [3.63, 3.8) is 0 Å². The number of anilines is 1. The van der Waals surface area contributed by atoms with Gasteiger partial charge < -0.3 is 9.47 Å². The van der Waals surface area contributed by atoms with Gasteiger partial charge in [0.15, 0.2) is 0 Å². The summed E-state index contributed by atoms with van der Waals surface area (Å²) >= 11 is 16.9. The summed E-state index contributed by atoms with van der Waals surface area (Å²) < 4.78 is 9.32. The number of rotatable bonds is 4. The van der Waals surface area contributed by atoms with E-state index < -0.39 is 9.89 Å². The molecular weight excluding hydrogens is 433 g/mol. The predicted molar refractivity (Wildman–Crippen MR) is 119 cm³/mol. The summed E-state index contributed by atoms with van der Waals surface area (Å²) in [4.78, 5) is 12.2. The molecule has 1 heterocycles. The fourth-order valence-corrected chi connectivity index (χ4v) is 3.79. The molecule has 1 unspecified atom stereocenters. The largest absolute Gasteiger partial charge is 0.492 e. The van der Waals surface area contributed by atoms with Gasteiger partial charge in [0, 0.05) is 11.5 Å². The summed E-state index contributed by atoms with van der Waals surface area (Å²) in [5.41, 5.74) is 6.07. The number of alkyl halides is 3. The molecule has 0 aliphatic carbocycles. The number of aryl methyl sites for hydroxylation is 1. The Hall–Kier alpha value is -1.62. The van der Waals surface area contributed by atoms with Gasteiger partial charge in [-0.1, -0.05) is 72.9 Å². The van der Waals surface area contributed by atoms with E-state index in [-0.39, 0.29) is 12.5 Å². The Kier molecular flexibility index (Phi) is 6.57. The van der Waals surface area contributed by atoms with Crippen LogP contribution in [0.15, 0.2) is 30.3 Å². The highest BCUT2D eigenvalue weighted by Crippen LogP contribution is 2.44. The van der Waals surface area contributed by atoms with E-state index >= 15 is 0 Å². The first-order valence-corrected chi connectivity index (χ1v) is 10.6. The molecule has 0 saturated carbocycles. The van der Waals surface area contributed by atoms with Crippen LogP contribution in [0.4, 0.5) is 10.5 Å². The van der Waals surface area contributed by atoms with Gasteiger partial charge in [0.2, 0.25) is 3.79 Å². The number of hydrogen-bond donors (Lipinski definition) is 1. The van der Waals surface area contributed by atoms with Crippen molar-refractivity contribution in [2.24, 2.45) is 0 Å². The smallest absolute Gasteiger partial charge is 0.411 e. The minimum atomic E-state index is -1.65. The van der Waals surface area contributed by atoms with E-state index in [1.807, 2.05) is 19.9 Å². The zero-order valence-electron chi connectivity index (χ0n) is 16.8. The molecule has 0 spiro atoms. The fourth-order valence-electron chi connectivity index (χ4n) is 3.62. The highest BCUT2D eigenvalue weighted by Gasteiger charge is 2.30. The number of benzene rings is 2.